The first kappa shape index (κ1) is 11.8. The highest BCUT2D eigenvalue weighted by Gasteiger charge is 2.12. The van der Waals surface area contributed by atoms with Gasteiger partial charge in [0.05, 0.1) is 5.69 Å². The third-order valence-corrected chi connectivity index (χ3v) is 2.34. The minimum absolute atomic E-state index is 0.0952. The van der Waals surface area contributed by atoms with E-state index in [1.807, 2.05) is 0 Å². The van der Waals surface area contributed by atoms with Crippen LogP contribution in [0.4, 0.5) is 0 Å². The molecular weight excluding hydrogens is 238 g/mol. The molecular formula is C11H9N3O4. The topological polar surface area (TPSA) is 105 Å². The van der Waals surface area contributed by atoms with E-state index in [0.717, 1.165) is 4.68 Å². The fourth-order valence-electron chi connectivity index (χ4n) is 1.43. The number of carboxylic acids is 1. The largest absolute Gasteiger partial charge is 0.475 e. The fraction of sp³-hybridized carbons (Fsp3) is 0.0909. The molecule has 0 radical (unpaired) electrons. The van der Waals surface area contributed by atoms with Gasteiger partial charge in [0.2, 0.25) is 5.82 Å². The lowest BCUT2D eigenvalue weighted by Gasteiger charge is -2.00. The maximum absolute atomic E-state index is 11.5. The molecule has 0 amide bonds. The molecule has 2 rings (SSSR count). The molecule has 92 valence electrons. The third kappa shape index (κ3) is 2.05. The van der Waals surface area contributed by atoms with E-state index in [4.69, 9.17) is 5.11 Å². The van der Waals surface area contributed by atoms with E-state index in [2.05, 4.69) is 10.1 Å². The number of carboxylic acid groups (broad SMARTS) is 1. The molecule has 1 aromatic carbocycles. The number of Topliss-reactive ketones (excluding diaryl/α,β-unsaturated/α-hetero) is 1. The summed E-state index contributed by atoms with van der Waals surface area (Å²) in [5, 5.41) is 12.3. The van der Waals surface area contributed by atoms with Gasteiger partial charge >= 0.3 is 11.7 Å². The van der Waals surface area contributed by atoms with E-state index in [9.17, 15) is 14.4 Å². The van der Waals surface area contributed by atoms with Crippen molar-refractivity contribution in [2.45, 2.75) is 6.92 Å². The molecule has 1 heterocycles. The van der Waals surface area contributed by atoms with Crippen LogP contribution in [-0.4, -0.2) is 31.6 Å². The average Bonchev–Trinajstić information content (AvgIpc) is 2.71. The molecule has 0 aliphatic heterocycles. The molecule has 7 heteroatoms. The molecule has 18 heavy (non-hydrogen) atoms. The number of aromatic amines is 1. The Labute approximate surface area is 101 Å². The molecule has 2 aromatic rings. The summed E-state index contributed by atoms with van der Waals surface area (Å²) in [6, 6.07) is 6.12. The van der Waals surface area contributed by atoms with Gasteiger partial charge < -0.3 is 5.11 Å². The van der Waals surface area contributed by atoms with E-state index in [0.29, 0.717) is 11.3 Å². The van der Waals surface area contributed by atoms with Crippen molar-refractivity contribution < 1.29 is 14.7 Å². The molecule has 0 saturated carbocycles. The summed E-state index contributed by atoms with van der Waals surface area (Å²) in [4.78, 5) is 35.3. The highest BCUT2D eigenvalue weighted by Crippen LogP contribution is 2.07. The molecule has 0 bridgehead atoms. The number of aromatic carboxylic acids is 1. The summed E-state index contributed by atoms with van der Waals surface area (Å²) in [6.07, 6.45) is 0. The van der Waals surface area contributed by atoms with Crippen LogP contribution < -0.4 is 5.69 Å². The highest BCUT2D eigenvalue weighted by molar-refractivity contribution is 5.94. The van der Waals surface area contributed by atoms with E-state index in [1.165, 1.54) is 19.1 Å². The number of benzene rings is 1. The van der Waals surface area contributed by atoms with Gasteiger partial charge in [0.15, 0.2) is 5.78 Å². The molecule has 0 fully saturated rings. The minimum atomic E-state index is -1.31. The zero-order chi connectivity index (χ0) is 13.3. The number of carbonyl (C=O) groups excluding carboxylic acids is 1. The van der Waals surface area contributed by atoms with Crippen LogP contribution in [0.2, 0.25) is 0 Å². The number of hydrogen-bond donors (Lipinski definition) is 2. The van der Waals surface area contributed by atoms with Gasteiger partial charge in [-0.25, -0.2) is 9.59 Å². The first-order valence-electron chi connectivity index (χ1n) is 5.03. The van der Waals surface area contributed by atoms with Crippen LogP contribution in [0.3, 0.4) is 0 Å². The molecule has 0 saturated heterocycles. The van der Waals surface area contributed by atoms with Gasteiger partial charge in [-0.1, -0.05) is 0 Å². The third-order valence-electron chi connectivity index (χ3n) is 2.34. The molecule has 2 N–H and O–H groups in total. The lowest BCUT2D eigenvalue weighted by molar-refractivity contribution is 0.0683. The molecule has 0 aliphatic rings. The molecule has 0 spiro atoms. The van der Waals surface area contributed by atoms with Crippen molar-refractivity contribution in [2.24, 2.45) is 0 Å². The fourth-order valence-corrected chi connectivity index (χ4v) is 1.43. The Morgan fingerprint density at radius 3 is 2.33 bits per heavy atom. The molecule has 1 aromatic heterocycles. The van der Waals surface area contributed by atoms with Crippen LogP contribution >= 0.6 is 0 Å². The summed E-state index contributed by atoms with van der Waals surface area (Å²) in [5.74, 6) is -1.84. The van der Waals surface area contributed by atoms with Gasteiger partial charge in [-0.3, -0.25) is 9.78 Å². The summed E-state index contributed by atoms with van der Waals surface area (Å²) in [7, 11) is 0. The van der Waals surface area contributed by atoms with Gasteiger partial charge in [-0.2, -0.15) is 4.68 Å². The minimum Gasteiger partial charge on any atom is -0.475 e. The molecule has 0 unspecified atom stereocenters. The smallest absolute Gasteiger partial charge is 0.373 e. The second kappa shape index (κ2) is 4.28. The van der Waals surface area contributed by atoms with Gasteiger partial charge in [0, 0.05) is 5.56 Å². The Balaban J connectivity index is 2.46. The normalized spacial score (nSPS) is 10.3. The van der Waals surface area contributed by atoms with Crippen LogP contribution in [0.5, 0.6) is 0 Å². The predicted octanol–water partition coefficient (Wildman–Crippen LogP) is 0.461. The SMILES string of the molecule is CC(=O)c1ccc(-n2nc(C(=O)O)[nH]c2=O)cc1. The molecule has 0 atom stereocenters. The van der Waals surface area contributed by atoms with Crippen molar-refractivity contribution in [1.82, 2.24) is 14.8 Å². The maximum atomic E-state index is 11.5. The second-order valence-electron chi connectivity index (χ2n) is 3.60. The molecule has 0 aliphatic carbocycles. The summed E-state index contributed by atoms with van der Waals surface area (Å²) in [6.45, 7) is 1.43. The van der Waals surface area contributed by atoms with Crippen molar-refractivity contribution in [1.29, 1.82) is 0 Å². The predicted molar refractivity (Wildman–Crippen MR) is 61.1 cm³/mol. The van der Waals surface area contributed by atoms with Crippen LogP contribution in [0.1, 0.15) is 27.9 Å². The highest BCUT2D eigenvalue weighted by atomic mass is 16.4. The number of nitrogens with zero attached hydrogens (tertiary/aromatic N) is 2. The van der Waals surface area contributed by atoms with E-state index >= 15 is 0 Å². The number of nitrogens with one attached hydrogen (secondary N) is 1. The number of H-pyrrole nitrogens is 1. The Kier molecular flexibility index (Phi) is 2.80. The standard InChI is InChI=1S/C11H9N3O4/c1-6(15)7-2-4-8(5-3-7)14-11(18)12-9(13-14)10(16)17/h2-5H,1H3,(H,16,17)(H,12,13,18). The first-order chi connectivity index (χ1) is 8.49. The van der Waals surface area contributed by atoms with Crippen molar-refractivity contribution in [2.75, 3.05) is 0 Å². The van der Waals surface area contributed by atoms with Gasteiger partial charge in [-0.05, 0) is 31.2 Å². The van der Waals surface area contributed by atoms with Crippen LogP contribution in [0.25, 0.3) is 5.69 Å². The Bertz CT molecular complexity index is 666. The Morgan fingerprint density at radius 2 is 1.89 bits per heavy atom. The van der Waals surface area contributed by atoms with Gasteiger partial charge in [0.25, 0.3) is 0 Å². The lowest BCUT2D eigenvalue weighted by Crippen LogP contribution is -2.15. The molecule has 7 nitrogen and oxygen atoms in total. The lowest BCUT2D eigenvalue weighted by atomic mass is 10.1. The van der Waals surface area contributed by atoms with E-state index in [1.54, 1.807) is 12.1 Å². The van der Waals surface area contributed by atoms with Crippen LogP contribution in [0.15, 0.2) is 29.1 Å². The quantitative estimate of drug-likeness (QED) is 0.766. The zero-order valence-corrected chi connectivity index (χ0v) is 9.38. The van der Waals surface area contributed by atoms with Crippen molar-refractivity contribution in [3.63, 3.8) is 0 Å². The van der Waals surface area contributed by atoms with Gasteiger partial charge in [0.1, 0.15) is 0 Å². The Morgan fingerprint density at radius 1 is 1.28 bits per heavy atom. The van der Waals surface area contributed by atoms with Crippen molar-refractivity contribution in [3.05, 3.63) is 46.1 Å². The number of rotatable bonds is 3. The van der Waals surface area contributed by atoms with Crippen molar-refractivity contribution in [3.8, 4) is 5.69 Å². The summed E-state index contributed by atoms with van der Waals surface area (Å²) >= 11 is 0. The van der Waals surface area contributed by atoms with E-state index in [-0.39, 0.29) is 5.78 Å². The second-order valence-corrected chi connectivity index (χ2v) is 3.60. The number of carbonyl (C=O) groups is 2. The Hall–Kier alpha value is -2.70. The van der Waals surface area contributed by atoms with Gasteiger partial charge in [-0.15, -0.1) is 5.10 Å². The zero-order valence-electron chi connectivity index (χ0n) is 9.38. The summed E-state index contributed by atoms with van der Waals surface area (Å²) in [5.41, 5.74) is 0.234. The van der Waals surface area contributed by atoms with Crippen molar-refractivity contribution >= 4 is 11.8 Å². The monoisotopic (exact) mass is 247 g/mol. The van der Waals surface area contributed by atoms with Crippen LogP contribution in [-0.2, 0) is 0 Å². The van der Waals surface area contributed by atoms with E-state index < -0.39 is 17.5 Å². The number of hydrogen-bond acceptors (Lipinski definition) is 4. The first-order valence-corrected chi connectivity index (χ1v) is 5.03. The number of aromatic nitrogens is 3. The number of ketones is 1. The summed E-state index contributed by atoms with van der Waals surface area (Å²) < 4.78 is 0.924. The van der Waals surface area contributed by atoms with Crippen LogP contribution in [0, 0.1) is 0 Å². The maximum Gasteiger partial charge on any atom is 0.373 e. The average molecular weight is 247 g/mol.